The number of nitrogens with zero attached hydrogens (tertiary/aromatic N) is 1. The maximum absolute atomic E-state index is 12.7. The molecule has 36 heavy (non-hydrogen) atoms. The minimum Gasteiger partial charge on any atom is -0.497 e. The lowest BCUT2D eigenvalue weighted by atomic mass is 10.0. The molecule has 0 radical (unpaired) electrons. The van der Waals surface area contributed by atoms with E-state index in [1.807, 2.05) is 25.1 Å². The van der Waals surface area contributed by atoms with Gasteiger partial charge < -0.3 is 19.9 Å². The molecule has 3 rings (SSSR count). The van der Waals surface area contributed by atoms with Crippen molar-refractivity contribution < 1.29 is 27.8 Å². The second kappa shape index (κ2) is 12.9. The monoisotopic (exact) mass is 513 g/mol. The first-order chi connectivity index (χ1) is 17.2. The molecule has 0 unspecified atom stereocenters. The van der Waals surface area contributed by atoms with E-state index in [1.54, 1.807) is 43.6 Å². The first-order valence-corrected chi connectivity index (χ1v) is 13.0. The van der Waals surface area contributed by atoms with Crippen LogP contribution in [-0.4, -0.2) is 50.8 Å². The van der Waals surface area contributed by atoms with Crippen LogP contribution >= 0.6 is 0 Å². The fourth-order valence-electron chi connectivity index (χ4n) is 3.49. The molecule has 0 saturated carbocycles. The Morgan fingerprint density at radius 1 is 1.06 bits per heavy atom. The third-order valence-electron chi connectivity index (χ3n) is 5.34. The lowest BCUT2D eigenvalue weighted by molar-refractivity contribution is -0.137. The molecule has 0 saturated heterocycles. The van der Waals surface area contributed by atoms with Crippen molar-refractivity contribution in [2.45, 2.75) is 37.1 Å². The largest absolute Gasteiger partial charge is 0.497 e. The highest BCUT2D eigenvalue weighted by atomic mass is 32.2. The summed E-state index contributed by atoms with van der Waals surface area (Å²) in [5.74, 6) is 1.06. The number of pyridine rings is 1. The van der Waals surface area contributed by atoms with Gasteiger partial charge in [0.15, 0.2) is 0 Å². The van der Waals surface area contributed by atoms with Crippen LogP contribution in [0.25, 0.3) is 0 Å². The van der Waals surface area contributed by atoms with Gasteiger partial charge in [0.25, 0.3) is 0 Å². The average molecular weight is 514 g/mol. The van der Waals surface area contributed by atoms with Gasteiger partial charge in [0.1, 0.15) is 17.3 Å². The molecule has 1 atom stereocenters. The summed E-state index contributed by atoms with van der Waals surface area (Å²) >= 11 is 0. The summed E-state index contributed by atoms with van der Waals surface area (Å²) in [5.41, 5.74) is 1.73. The number of carboxylic acids is 1. The third-order valence-corrected chi connectivity index (χ3v) is 6.88. The molecule has 0 aliphatic carbocycles. The van der Waals surface area contributed by atoms with Gasteiger partial charge in [-0.05, 0) is 55.7 Å². The fraction of sp³-hybridized carbons (Fsp3) is 0.308. The molecule has 1 heterocycles. The topological polar surface area (TPSA) is 127 Å². The standard InChI is InChI=1S/C26H31N3O6S/c1-19-4-10-24(11-5-19)36(32,33)29-21(17-26(30)31)16-20-6-8-22(9-7-20)35-15-3-13-27-25-18-23(34-2)12-14-28-25/h4-12,14,18,21,29H,3,13,15-17H2,1-2H3,(H,27,28)(H,30,31)/t21-/m0/s1. The number of benzene rings is 2. The van der Waals surface area contributed by atoms with Crippen molar-refractivity contribution in [3.8, 4) is 11.5 Å². The smallest absolute Gasteiger partial charge is 0.304 e. The molecule has 3 N–H and O–H groups in total. The Morgan fingerprint density at radius 2 is 1.78 bits per heavy atom. The van der Waals surface area contributed by atoms with Gasteiger partial charge in [0, 0.05) is 24.8 Å². The minimum atomic E-state index is -3.85. The number of ether oxygens (including phenoxy) is 2. The number of hydrogen-bond acceptors (Lipinski definition) is 7. The Kier molecular flexibility index (Phi) is 9.66. The van der Waals surface area contributed by atoms with E-state index in [0.717, 1.165) is 29.1 Å². The molecule has 9 nitrogen and oxygen atoms in total. The molecule has 1 aromatic heterocycles. The van der Waals surface area contributed by atoms with E-state index in [2.05, 4.69) is 15.0 Å². The van der Waals surface area contributed by atoms with Gasteiger partial charge in [-0.15, -0.1) is 0 Å². The number of aliphatic carboxylic acids is 1. The Balaban J connectivity index is 1.50. The van der Waals surface area contributed by atoms with E-state index in [1.165, 1.54) is 12.1 Å². The zero-order chi connectivity index (χ0) is 26.0. The van der Waals surface area contributed by atoms with Crippen molar-refractivity contribution >= 4 is 21.8 Å². The summed E-state index contributed by atoms with van der Waals surface area (Å²) < 4.78 is 38.9. The summed E-state index contributed by atoms with van der Waals surface area (Å²) in [7, 11) is -2.24. The van der Waals surface area contributed by atoms with Crippen molar-refractivity contribution in [3.63, 3.8) is 0 Å². The first-order valence-electron chi connectivity index (χ1n) is 11.5. The van der Waals surface area contributed by atoms with E-state index in [4.69, 9.17) is 9.47 Å². The number of nitrogens with one attached hydrogen (secondary N) is 2. The van der Waals surface area contributed by atoms with Gasteiger partial charge in [-0.25, -0.2) is 18.1 Å². The van der Waals surface area contributed by atoms with Crippen LogP contribution in [0.5, 0.6) is 11.5 Å². The van der Waals surface area contributed by atoms with Gasteiger partial charge in [0.05, 0.1) is 25.0 Å². The number of methoxy groups -OCH3 is 1. The van der Waals surface area contributed by atoms with Crippen molar-refractivity contribution in [2.24, 2.45) is 0 Å². The molecular weight excluding hydrogens is 482 g/mol. The number of hydrogen-bond donors (Lipinski definition) is 3. The van der Waals surface area contributed by atoms with Crippen LogP contribution in [0, 0.1) is 6.92 Å². The Hall–Kier alpha value is -3.63. The Labute approximate surface area is 211 Å². The van der Waals surface area contributed by atoms with Crippen LogP contribution < -0.4 is 19.5 Å². The normalized spacial score (nSPS) is 12.1. The van der Waals surface area contributed by atoms with Crippen LogP contribution in [0.2, 0.25) is 0 Å². The Bertz CT molecular complexity index is 1230. The van der Waals surface area contributed by atoms with Crippen LogP contribution in [0.4, 0.5) is 5.82 Å². The molecule has 10 heteroatoms. The predicted octanol–water partition coefficient (Wildman–Crippen LogP) is 3.64. The van der Waals surface area contributed by atoms with E-state index >= 15 is 0 Å². The predicted molar refractivity (Wildman–Crippen MR) is 137 cm³/mol. The van der Waals surface area contributed by atoms with Gasteiger partial charge in [-0.3, -0.25) is 4.79 Å². The van der Waals surface area contributed by atoms with Gasteiger partial charge >= 0.3 is 5.97 Å². The van der Waals surface area contributed by atoms with Crippen molar-refractivity contribution in [2.75, 3.05) is 25.6 Å². The minimum absolute atomic E-state index is 0.101. The van der Waals surface area contributed by atoms with E-state index in [-0.39, 0.29) is 17.7 Å². The molecule has 0 amide bonds. The number of carboxylic acid groups (broad SMARTS) is 1. The van der Waals surface area contributed by atoms with Crippen LogP contribution in [-0.2, 0) is 21.2 Å². The third kappa shape index (κ3) is 8.54. The Morgan fingerprint density at radius 3 is 2.44 bits per heavy atom. The van der Waals surface area contributed by atoms with E-state index < -0.39 is 22.0 Å². The SMILES string of the molecule is COc1ccnc(NCCCOc2ccc(C[C@@H](CC(=O)O)NS(=O)(=O)c3ccc(C)cc3)cc2)c1. The van der Waals surface area contributed by atoms with Gasteiger partial charge in [-0.2, -0.15) is 0 Å². The zero-order valence-electron chi connectivity index (χ0n) is 20.3. The number of rotatable bonds is 14. The number of anilines is 1. The van der Waals surface area contributed by atoms with E-state index in [0.29, 0.717) is 18.9 Å². The highest BCUT2D eigenvalue weighted by molar-refractivity contribution is 7.89. The summed E-state index contributed by atoms with van der Waals surface area (Å²) in [6.45, 7) is 3.03. The highest BCUT2D eigenvalue weighted by Crippen LogP contribution is 2.17. The van der Waals surface area contributed by atoms with Gasteiger partial charge in [-0.1, -0.05) is 29.8 Å². The lowest BCUT2D eigenvalue weighted by Crippen LogP contribution is -2.38. The zero-order valence-corrected chi connectivity index (χ0v) is 21.1. The number of sulfonamides is 1. The number of aryl methyl sites for hydroxylation is 1. The molecule has 0 aliphatic heterocycles. The molecule has 192 valence electrons. The summed E-state index contributed by atoms with van der Waals surface area (Å²) in [6, 6.07) is 16.4. The van der Waals surface area contributed by atoms with Crippen molar-refractivity contribution in [1.82, 2.24) is 9.71 Å². The second-order valence-electron chi connectivity index (χ2n) is 8.29. The van der Waals surface area contributed by atoms with Crippen LogP contribution in [0.1, 0.15) is 24.0 Å². The van der Waals surface area contributed by atoms with Gasteiger partial charge in [0.2, 0.25) is 10.0 Å². The van der Waals surface area contributed by atoms with E-state index in [9.17, 15) is 18.3 Å². The molecule has 0 spiro atoms. The quantitative estimate of drug-likeness (QED) is 0.279. The van der Waals surface area contributed by atoms with Crippen LogP contribution in [0.15, 0.2) is 71.8 Å². The molecule has 3 aromatic rings. The van der Waals surface area contributed by atoms with Crippen molar-refractivity contribution in [3.05, 3.63) is 78.0 Å². The summed E-state index contributed by atoms with van der Waals surface area (Å²) in [4.78, 5) is 15.7. The molecule has 0 bridgehead atoms. The molecule has 0 fully saturated rings. The molecule has 2 aromatic carbocycles. The van der Waals surface area contributed by atoms with Crippen LogP contribution in [0.3, 0.4) is 0 Å². The van der Waals surface area contributed by atoms with Crippen molar-refractivity contribution in [1.29, 1.82) is 0 Å². The molecular formula is C26H31N3O6S. The number of aromatic nitrogens is 1. The summed E-state index contributed by atoms with van der Waals surface area (Å²) in [6.07, 6.45) is 2.32. The number of carbonyl (C=O) groups is 1. The summed E-state index contributed by atoms with van der Waals surface area (Å²) in [5, 5.41) is 12.5. The second-order valence-corrected chi connectivity index (χ2v) is 10.0. The maximum atomic E-state index is 12.7. The molecule has 0 aliphatic rings. The lowest BCUT2D eigenvalue weighted by Gasteiger charge is -2.18. The maximum Gasteiger partial charge on any atom is 0.304 e. The highest BCUT2D eigenvalue weighted by Gasteiger charge is 2.22. The fourth-order valence-corrected chi connectivity index (χ4v) is 4.73. The average Bonchev–Trinajstić information content (AvgIpc) is 2.84. The first kappa shape index (κ1) is 27.0.